The van der Waals surface area contributed by atoms with E-state index in [-0.39, 0.29) is 15.1 Å². The second kappa shape index (κ2) is 9.40. The molecule has 0 bridgehead atoms. The normalized spacial score (nSPS) is 18.3. The summed E-state index contributed by atoms with van der Waals surface area (Å²) >= 11 is 0.878. The number of nitrogens with one attached hydrogen (secondary N) is 3. The highest BCUT2D eigenvalue weighted by atomic mass is 32.2. The lowest BCUT2D eigenvalue weighted by molar-refractivity contribution is -0.152. The second-order valence-electron chi connectivity index (χ2n) is 5.66. The highest BCUT2D eigenvalue weighted by molar-refractivity contribution is 7.84. The first-order chi connectivity index (χ1) is 14.8. The molecule has 9 N–H and O–H groups in total. The van der Waals surface area contributed by atoms with Gasteiger partial charge in [-0.3, -0.25) is 24.4 Å². The SMILES string of the molecule is NC(=O)NNC(=O)[C@H]1[C@@H](NC(=O)C(=NOCC(=O)O)c2csc(N)n2)C(=O)N1S(=O)(=O)O. The molecule has 18 nitrogen and oxygen atoms in total. The molecule has 2 atom stereocenters. The Bertz CT molecular complexity index is 1100. The van der Waals surface area contributed by atoms with Crippen molar-refractivity contribution in [3.05, 3.63) is 11.1 Å². The molecule has 1 aromatic heterocycles. The van der Waals surface area contributed by atoms with E-state index in [1.807, 2.05) is 5.32 Å². The number of carboxylic acids is 1. The van der Waals surface area contributed by atoms with Gasteiger partial charge in [0.1, 0.15) is 11.7 Å². The van der Waals surface area contributed by atoms with Crippen LogP contribution in [0.5, 0.6) is 0 Å². The Labute approximate surface area is 181 Å². The molecule has 0 aliphatic carbocycles. The number of nitrogen functional groups attached to an aromatic ring is 1. The van der Waals surface area contributed by atoms with Crippen LogP contribution < -0.4 is 27.6 Å². The van der Waals surface area contributed by atoms with Crippen molar-refractivity contribution in [1.29, 1.82) is 0 Å². The van der Waals surface area contributed by atoms with Gasteiger partial charge in [0, 0.05) is 5.38 Å². The summed E-state index contributed by atoms with van der Waals surface area (Å²) in [5.74, 6) is -5.42. The Hall–Kier alpha value is -4.04. The van der Waals surface area contributed by atoms with E-state index >= 15 is 0 Å². The number of hydrogen-bond acceptors (Lipinski definition) is 12. The van der Waals surface area contributed by atoms with E-state index in [4.69, 9.17) is 21.1 Å². The fourth-order valence-electron chi connectivity index (χ4n) is 2.28. The first kappa shape index (κ1) is 24.2. The summed E-state index contributed by atoms with van der Waals surface area (Å²) in [6.07, 6.45) is 0. The number of amides is 5. The van der Waals surface area contributed by atoms with Gasteiger partial charge in [-0.2, -0.15) is 12.7 Å². The molecule has 1 aromatic rings. The quantitative estimate of drug-likeness (QED) is 0.0782. The summed E-state index contributed by atoms with van der Waals surface area (Å²) in [6.45, 7) is -0.945. The zero-order valence-corrected chi connectivity index (χ0v) is 17.0. The Morgan fingerprint density at radius 2 is 1.97 bits per heavy atom. The third-order valence-electron chi connectivity index (χ3n) is 3.49. The number of carbonyl (C=O) groups excluding carboxylic acids is 4. The lowest BCUT2D eigenvalue weighted by atomic mass is 9.97. The summed E-state index contributed by atoms with van der Waals surface area (Å²) < 4.78 is 31.7. The van der Waals surface area contributed by atoms with Crippen LogP contribution in [-0.4, -0.2) is 81.5 Å². The maximum absolute atomic E-state index is 12.6. The maximum atomic E-state index is 12.6. The van der Waals surface area contributed by atoms with Gasteiger partial charge in [0.25, 0.3) is 17.7 Å². The number of hydrazine groups is 1. The van der Waals surface area contributed by atoms with Crippen molar-refractivity contribution >= 4 is 62.2 Å². The molecule has 20 heteroatoms. The fraction of sp³-hybridized carbons (Fsp3) is 0.250. The molecule has 2 rings (SSSR count). The number of β-lactam (4-membered cyclic amide) rings is 1. The van der Waals surface area contributed by atoms with Gasteiger partial charge in [0.2, 0.25) is 6.61 Å². The molecule has 1 fully saturated rings. The molecule has 1 aliphatic heterocycles. The number of primary amides is 1. The van der Waals surface area contributed by atoms with Crippen LogP contribution in [0.15, 0.2) is 10.5 Å². The number of carboxylic acid groups (broad SMARTS) is 1. The number of rotatable bonds is 8. The number of nitrogens with two attached hydrogens (primary N) is 2. The molecular formula is C12H14N8O10S2. The minimum absolute atomic E-state index is 0.00853. The first-order valence-electron chi connectivity index (χ1n) is 7.93. The zero-order chi connectivity index (χ0) is 24.2. The van der Waals surface area contributed by atoms with Gasteiger partial charge >= 0.3 is 22.3 Å². The molecular weight excluding hydrogens is 480 g/mol. The Morgan fingerprint density at radius 1 is 1.31 bits per heavy atom. The van der Waals surface area contributed by atoms with Crippen LogP contribution in [0.4, 0.5) is 9.93 Å². The van der Waals surface area contributed by atoms with Gasteiger partial charge in [-0.15, -0.1) is 11.3 Å². The summed E-state index contributed by atoms with van der Waals surface area (Å²) in [7, 11) is -5.23. The van der Waals surface area contributed by atoms with Gasteiger partial charge in [0.15, 0.2) is 16.9 Å². The van der Waals surface area contributed by atoms with Gasteiger partial charge in [-0.25, -0.2) is 20.0 Å². The van der Waals surface area contributed by atoms with Crippen LogP contribution in [0, 0.1) is 0 Å². The number of oxime groups is 1. The van der Waals surface area contributed by atoms with Crippen LogP contribution in [0.1, 0.15) is 5.69 Å². The van der Waals surface area contributed by atoms with E-state index in [0.29, 0.717) is 0 Å². The van der Waals surface area contributed by atoms with Gasteiger partial charge in [-0.1, -0.05) is 5.16 Å². The van der Waals surface area contributed by atoms with E-state index in [1.165, 1.54) is 5.38 Å². The largest absolute Gasteiger partial charge is 0.479 e. The molecule has 32 heavy (non-hydrogen) atoms. The third-order valence-corrected chi connectivity index (χ3v) is 5.07. The number of carbonyl (C=O) groups is 5. The van der Waals surface area contributed by atoms with E-state index < -0.39 is 64.4 Å². The molecule has 5 amide bonds. The smallest absolute Gasteiger partial charge is 0.363 e. The molecule has 0 unspecified atom stereocenters. The van der Waals surface area contributed by atoms with Crippen molar-refractivity contribution in [2.75, 3.05) is 12.3 Å². The average Bonchev–Trinajstić information content (AvgIpc) is 3.09. The van der Waals surface area contributed by atoms with Crippen molar-refractivity contribution < 1.29 is 46.9 Å². The van der Waals surface area contributed by atoms with Gasteiger partial charge < -0.3 is 26.7 Å². The van der Waals surface area contributed by atoms with Crippen molar-refractivity contribution in [1.82, 2.24) is 25.5 Å². The summed E-state index contributed by atoms with van der Waals surface area (Å²) in [5.41, 5.74) is 12.7. The number of nitrogens with zero attached hydrogens (tertiary/aromatic N) is 3. The van der Waals surface area contributed by atoms with Crippen molar-refractivity contribution in [2.24, 2.45) is 10.9 Å². The number of thiazole rings is 1. The lowest BCUT2D eigenvalue weighted by Gasteiger charge is -2.42. The topological polar surface area (TPSA) is 286 Å². The lowest BCUT2D eigenvalue weighted by Crippen LogP contribution is -2.76. The second-order valence-corrected chi connectivity index (χ2v) is 7.84. The van der Waals surface area contributed by atoms with Crippen molar-refractivity contribution in [3.8, 4) is 0 Å². The third kappa shape index (κ3) is 5.55. The Kier molecular flexibility index (Phi) is 7.12. The molecule has 0 radical (unpaired) electrons. The highest BCUT2D eigenvalue weighted by Gasteiger charge is 2.58. The minimum Gasteiger partial charge on any atom is -0.479 e. The van der Waals surface area contributed by atoms with Crippen molar-refractivity contribution in [2.45, 2.75) is 12.1 Å². The molecule has 0 aromatic carbocycles. The number of aromatic nitrogens is 1. The minimum atomic E-state index is -5.23. The monoisotopic (exact) mass is 494 g/mol. The number of urea groups is 1. The molecule has 2 heterocycles. The van der Waals surface area contributed by atoms with E-state index in [0.717, 1.165) is 11.3 Å². The standard InChI is InChI=1S/C12H14N8O10S2/c13-11(26)18-17-9(24)7-6(10(25)20(7)32(27,28)29)16-8(23)5(19-30-1-4(21)22)3-2-31-12(14)15-3/h2,6-7H,1H2,(H2,14,15)(H,16,23)(H,17,24)(H,21,22)(H3,13,18,26)(H,27,28,29)/t6-,7-/m1/s1. The Balaban J connectivity index is 2.29. The fourth-order valence-corrected chi connectivity index (χ4v) is 3.67. The molecule has 0 spiro atoms. The van der Waals surface area contributed by atoms with Crippen LogP contribution in [0.2, 0.25) is 0 Å². The highest BCUT2D eigenvalue weighted by Crippen LogP contribution is 2.24. The Morgan fingerprint density at radius 3 is 2.47 bits per heavy atom. The molecule has 1 aliphatic rings. The van der Waals surface area contributed by atoms with E-state index in [9.17, 15) is 32.4 Å². The summed E-state index contributed by atoms with van der Waals surface area (Å²) in [4.78, 5) is 66.5. The van der Waals surface area contributed by atoms with Crippen LogP contribution >= 0.6 is 11.3 Å². The van der Waals surface area contributed by atoms with Crippen LogP contribution in [0.3, 0.4) is 0 Å². The summed E-state index contributed by atoms with van der Waals surface area (Å²) in [5, 5.41) is 15.2. The number of hydrogen-bond donors (Lipinski definition) is 7. The summed E-state index contributed by atoms with van der Waals surface area (Å²) in [6, 6.07) is -5.14. The molecule has 1 saturated heterocycles. The van der Waals surface area contributed by atoms with Crippen LogP contribution in [0.25, 0.3) is 0 Å². The predicted octanol–water partition coefficient (Wildman–Crippen LogP) is -4.27. The first-order valence-corrected chi connectivity index (χ1v) is 10.2. The number of anilines is 1. The average molecular weight is 494 g/mol. The van der Waals surface area contributed by atoms with E-state index in [1.54, 1.807) is 10.9 Å². The van der Waals surface area contributed by atoms with Crippen LogP contribution in [-0.2, 0) is 34.3 Å². The van der Waals surface area contributed by atoms with E-state index in [2.05, 4.69) is 15.0 Å². The van der Waals surface area contributed by atoms with Gasteiger partial charge in [-0.05, 0) is 0 Å². The maximum Gasteiger partial charge on any atom is 0.363 e. The molecule has 174 valence electrons. The van der Waals surface area contributed by atoms with Gasteiger partial charge in [0.05, 0.1) is 0 Å². The number of aliphatic carboxylic acids is 1. The predicted molar refractivity (Wildman–Crippen MR) is 102 cm³/mol. The zero-order valence-electron chi connectivity index (χ0n) is 15.4. The van der Waals surface area contributed by atoms with Crippen molar-refractivity contribution in [3.63, 3.8) is 0 Å². The molecule has 0 saturated carbocycles.